The molecule has 1 aliphatic heterocycles. The van der Waals surface area contributed by atoms with Crippen molar-refractivity contribution in [3.05, 3.63) is 0 Å². The second-order valence-corrected chi connectivity index (χ2v) is 8.98. The summed E-state index contributed by atoms with van der Waals surface area (Å²) in [7, 11) is -0.314. The lowest BCUT2D eigenvalue weighted by Crippen LogP contribution is -2.27. The Morgan fingerprint density at radius 3 is 1.70 bits per heavy atom. The fraction of sp³-hybridized carbons (Fsp3) is 1.00. The monoisotopic (exact) mass is 156 g/mol. The van der Waals surface area contributed by atoms with Crippen molar-refractivity contribution in [2.75, 3.05) is 0 Å². The summed E-state index contributed by atoms with van der Waals surface area (Å²) in [5.74, 6) is 0. The van der Waals surface area contributed by atoms with Gasteiger partial charge < -0.3 is 0 Å². The highest BCUT2D eigenvalue weighted by atomic mass is 28.3. The molecule has 1 rings (SSSR count). The van der Waals surface area contributed by atoms with Crippen molar-refractivity contribution in [1.82, 2.24) is 0 Å². The van der Waals surface area contributed by atoms with Gasteiger partial charge in [-0.25, -0.2) is 0 Å². The van der Waals surface area contributed by atoms with Crippen molar-refractivity contribution in [2.24, 2.45) is 0 Å². The Labute approximate surface area is 66.6 Å². The molecule has 0 spiro atoms. The van der Waals surface area contributed by atoms with Crippen LogP contribution in [0.5, 0.6) is 0 Å². The lowest BCUT2D eigenvalue weighted by Gasteiger charge is -2.32. The van der Waals surface area contributed by atoms with Gasteiger partial charge in [-0.1, -0.05) is 52.1 Å². The highest BCUT2D eigenvalue weighted by molar-refractivity contribution is 6.62. The van der Waals surface area contributed by atoms with Crippen molar-refractivity contribution in [3.8, 4) is 0 Å². The average molecular weight is 156 g/mol. The van der Waals surface area contributed by atoms with Gasteiger partial charge in [0.2, 0.25) is 0 Å². The van der Waals surface area contributed by atoms with Gasteiger partial charge in [0.25, 0.3) is 0 Å². The fourth-order valence-electron chi connectivity index (χ4n) is 1.97. The Bertz CT molecular complexity index is 95.8. The quantitative estimate of drug-likeness (QED) is 0.472. The normalized spacial score (nSPS) is 23.1. The molecule has 1 aliphatic rings. The molecule has 1 heterocycles. The summed E-state index contributed by atoms with van der Waals surface area (Å²) in [6.07, 6.45) is 4.59. The standard InChI is InChI=1S/C9H20Si/c1-9(2,3)10-7-5-4-6-8-10/h10H,4-8H2,1-3H3. The summed E-state index contributed by atoms with van der Waals surface area (Å²) < 4.78 is 0. The predicted molar refractivity (Wildman–Crippen MR) is 50.3 cm³/mol. The van der Waals surface area contributed by atoms with Crippen LogP contribution in [-0.4, -0.2) is 8.80 Å². The highest BCUT2D eigenvalue weighted by Gasteiger charge is 2.26. The molecular formula is C9H20Si. The van der Waals surface area contributed by atoms with Crippen LogP contribution < -0.4 is 0 Å². The molecule has 0 aliphatic carbocycles. The van der Waals surface area contributed by atoms with E-state index in [9.17, 15) is 0 Å². The molecule has 0 aromatic rings. The van der Waals surface area contributed by atoms with Crippen LogP contribution in [0, 0.1) is 0 Å². The Kier molecular flexibility index (Phi) is 2.56. The van der Waals surface area contributed by atoms with E-state index in [1.54, 1.807) is 12.1 Å². The largest absolute Gasteiger partial charge is 0.0628 e. The molecule has 0 saturated carbocycles. The van der Waals surface area contributed by atoms with E-state index in [4.69, 9.17) is 0 Å². The Morgan fingerprint density at radius 1 is 0.900 bits per heavy atom. The van der Waals surface area contributed by atoms with Crippen molar-refractivity contribution in [3.63, 3.8) is 0 Å². The molecule has 0 aromatic carbocycles. The summed E-state index contributed by atoms with van der Waals surface area (Å²) >= 11 is 0. The lowest BCUT2D eigenvalue weighted by atomic mass is 10.2. The third kappa shape index (κ3) is 2.12. The molecule has 1 heteroatoms. The smallest absolute Gasteiger partial charge is 0.0422 e. The molecule has 10 heavy (non-hydrogen) atoms. The van der Waals surface area contributed by atoms with Crippen molar-refractivity contribution >= 4 is 8.80 Å². The Balaban J connectivity index is 2.39. The minimum absolute atomic E-state index is 0.314. The van der Waals surface area contributed by atoms with Gasteiger partial charge in [-0.2, -0.15) is 0 Å². The van der Waals surface area contributed by atoms with Crippen LogP contribution in [0.2, 0.25) is 17.1 Å². The summed E-state index contributed by atoms with van der Waals surface area (Å²) in [4.78, 5) is 0. The number of hydrogen-bond donors (Lipinski definition) is 0. The average Bonchev–Trinajstić information content (AvgIpc) is 1.88. The molecule has 0 atom stereocenters. The van der Waals surface area contributed by atoms with Gasteiger partial charge in [0.15, 0.2) is 0 Å². The van der Waals surface area contributed by atoms with Crippen molar-refractivity contribution in [2.45, 2.75) is 57.2 Å². The second kappa shape index (κ2) is 3.08. The van der Waals surface area contributed by atoms with Gasteiger partial charge in [-0.3, -0.25) is 0 Å². The van der Waals surface area contributed by atoms with E-state index in [0.29, 0.717) is 5.04 Å². The highest BCUT2D eigenvalue weighted by Crippen LogP contribution is 2.36. The SMILES string of the molecule is CC(C)(C)[SiH]1CCCCC1. The molecule has 0 bridgehead atoms. The van der Waals surface area contributed by atoms with Gasteiger partial charge in [-0.15, -0.1) is 0 Å². The summed E-state index contributed by atoms with van der Waals surface area (Å²) in [5.41, 5.74) is 0. The van der Waals surface area contributed by atoms with Gasteiger partial charge in [0.05, 0.1) is 0 Å². The van der Waals surface area contributed by atoms with Crippen LogP contribution in [0.1, 0.15) is 40.0 Å². The van der Waals surface area contributed by atoms with E-state index in [1.807, 2.05) is 0 Å². The second-order valence-electron chi connectivity index (χ2n) is 4.70. The van der Waals surface area contributed by atoms with Crippen LogP contribution in [0.25, 0.3) is 0 Å². The van der Waals surface area contributed by atoms with Gasteiger partial charge in [0.1, 0.15) is 0 Å². The first-order valence-electron chi connectivity index (χ1n) is 4.61. The van der Waals surface area contributed by atoms with E-state index in [1.165, 1.54) is 19.3 Å². The zero-order valence-corrected chi connectivity index (χ0v) is 8.77. The summed E-state index contributed by atoms with van der Waals surface area (Å²) in [6, 6.07) is 3.23. The van der Waals surface area contributed by atoms with Gasteiger partial charge >= 0.3 is 0 Å². The predicted octanol–water partition coefficient (Wildman–Crippen LogP) is 3.20. The topological polar surface area (TPSA) is 0 Å². The molecule has 0 amide bonds. The van der Waals surface area contributed by atoms with Crippen LogP contribution in [0.15, 0.2) is 0 Å². The van der Waals surface area contributed by atoms with Crippen LogP contribution >= 0.6 is 0 Å². The van der Waals surface area contributed by atoms with Crippen LogP contribution in [0.3, 0.4) is 0 Å². The molecular weight excluding hydrogens is 136 g/mol. The first-order chi connectivity index (χ1) is 4.61. The summed E-state index contributed by atoms with van der Waals surface area (Å²) in [5, 5.41) is 0.709. The Morgan fingerprint density at radius 2 is 1.40 bits per heavy atom. The van der Waals surface area contributed by atoms with E-state index in [0.717, 1.165) is 0 Å². The van der Waals surface area contributed by atoms with E-state index in [-0.39, 0.29) is 8.80 Å². The molecule has 0 aromatic heterocycles. The molecule has 0 nitrogen and oxygen atoms in total. The Hall–Kier alpha value is 0.217. The fourth-order valence-corrected chi connectivity index (χ4v) is 5.55. The maximum absolute atomic E-state index is 2.44. The van der Waals surface area contributed by atoms with Crippen LogP contribution in [-0.2, 0) is 0 Å². The maximum atomic E-state index is 2.44. The third-order valence-corrected chi connectivity index (χ3v) is 7.49. The lowest BCUT2D eigenvalue weighted by molar-refractivity contribution is 0.654. The first-order valence-corrected chi connectivity index (χ1v) is 6.82. The minimum atomic E-state index is -0.314. The molecule has 0 radical (unpaired) electrons. The first kappa shape index (κ1) is 8.31. The molecule has 60 valence electrons. The van der Waals surface area contributed by atoms with E-state index < -0.39 is 0 Å². The van der Waals surface area contributed by atoms with Gasteiger partial charge in [-0.05, 0) is 5.04 Å². The van der Waals surface area contributed by atoms with E-state index in [2.05, 4.69) is 20.8 Å². The third-order valence-electron chi connectivity index (χ3n) is 2.83. The molecule has 1 fully saturated rings. The molecule has 0 unspecified atom stereocenters. The van der Waals surface area contributed by atoms with Crippen molar-refractivity contribution in [1.29, 1.82) is 0 Å². The van der Waals surface area contributed by atoms with Gasteiger partial charge in [0, 0.05) is 8.80 Å². The number of rotatable bonds is 0. The maximum Gasteiger partial charge on any atom is 0.0422 e. The molecule has 0 N–H and O–H groups in total. The minimum Gasteiger partial charge on any atom is -0.0628 e. The zero-order chi connectivity index (χ0) is 7.61. The molecule has 1 saturated heterocycles. The zero-order valence-electron chi connectivity index (χ0n) is 7.61. The summed E-state index contributed by atoms with van der Waals surface area (Å²) in [6.45, 7) is 7.32. The number of hydrogen-bond acceptors (Lipinski definition) is 0. The van der Waals surface area contributed by atoms with E-state index >= 15 is 0 Å². The van der Waals surface area contributed by atoms with Crippen LogP contribution in [0.4, 0.5) is 0 Å². The van der Waals surface area contributed by atoms with Crippen molar-refractivity contribution < 1.29 is 0 Å².